The zero-order chi connectivity index (χ0) is 14.8. The molecule has 0 saturated carbocycles. The molecule has 0 spiro atoms. The van der Waals surface area contributed by atoms with Crippen molar-refractivity contribution < 1.29 is 18.4 Å². The van der Waals surface area contributed by atoms with Crippen molar-refractivity contribution in [3.63, 3.8) is 0 Å². The van der Waals surface area contributed by atoms with Gasteiger partial charge in [0.2, 0.25) is 0 Å². The average Bonchev–Trinajstić information content (AvgIpc) is 3.05. The second-order valence-electron chi connectivity index (χ2n) is 4.03. The minimum atomic E-state index is -0.529. The number of benzene rings is 1. The van der Waals surface area contributed by atoms with Gasteiger partial charge in [-0.2, -0.15) is 4.98 Å². The van der Waals surface area contributed by atoms with Gasteiger partial charge >= 0.3 is 5.97 Å². The molecule has 0 radical (unpaired) electrons. The van der Waals surface area contributed by atoms with Crippen LogP contribution in [0, 0.1) is 0 Å². The van der Waals surface area contributed by atoms with Gasteiger partial charge in [0.1, 0.15) is 11.8 Å². The molecule has 21 heavy (non-hydrogen) atoms. The Balaban J connectivity index is 1.80. The van der Waals surface area contributed by atoms with E-state index in [1.165, 1.54) is 6.26 Å². The number of hydrogen-bond donors (Lipinski definition) is 1. The van der Waals surface area contributed by atoms with Crippen LogP contribution in [0.25, 0.3) is 11.1 Å². The Labute approximate surface area is 123 Å². The van der Waals surface area contributed by atoms with Gasteiger partial charge in [-0.25, -0.2) is 9.78 Å². The third kappa shape index (κ3) is 2.84. The number of esters is 1. The monoisotopic (exact) mass is 305 g/mol. The molecule has 0 saturated heterocycles. The molecule has 0 unspecified atom stereocenters. The first-order valence-electron chi connectivity index (χ1n) is 6.12. The van der Waals surface area contributed by atoms with Crippen LogP contribution < -0.4 is 5.73 Å². The highest BCUT2D eigenvalue weighted by molar-refractivity contribution is 7.98. The Morgan fingerprint density at radius 1 is 1.38 bits per heavy atom. The average molecular weight is 305 g/mol. The Kier molecular flexibility index (Phi) is 3.53. The molecule has 2 N–H and O–H groups in total. The Bertz CT molecular complexity index is 796. The van der Waals surface area contributed by atoms with Crippen molar-refractivity contribution in [2.24, 2.45) is 0 Å². The smallest absolute Gasteiger partial charge is 0.360 e. The van der Waals surface area contributed by atoms with Gasteiger partial charge < -0.3 is 19.3 Å². The van der Waals surface area contributed by atoms with E-state index in [-0.39, 0.29) is 17.5 Å². The molecule has 0 aliphatic rings. The van der Waals surface area contributed by atoms with Gasteiger partial charge in [-0.05, 0) is 19.1 Å². The van der Waals surface area contributed by atoms with Crippen molar-refractivity contribution in [1.29, 1.82) is 0 Å². The lowest BCUT2D eigenvalue weighted by Gasteiger charge is -1.94. The third-order valence-electron chi connectivity index (χ3n) is 2.54. The van der Waals surface area contributed by atoms with Crippen molar-refractivity contribution in [3.8, 4) is 0 Å². The second kappa shape index (κ2) is 5.49. The fourth-order valence-electron chi connectivity index (χ4n) is 1.64. The number of anilines is 1. The number of nitrogen functional groups attached to an aromatic ring is 1. The number of fused-ring (bicyclic) bond motifs is 1. The normalized spacial score (nSPS) is 10.9. The highest BCUT2D eigenvalue weighted by Crippen LogP contribution is 2.30. The number of ether oxygens (including phenoxy) is 1. The molecule has 0 aliphatic carbocycles. The number of aromatic nitrogens is 2. The third-order valence-corrected chi connectivity index (χ3v) is 3.25. The molecule has 7 nitrogen and oxygen atoms in total. The van der Waals surface area contributed by atoms with Crippen LogP contribution >= 0.6 is 11.8 Å². The summed E-state index contributed by atoms with van der Waals surface area (Å²) in [5, 5.41) is 0.602. The summed E-state index contributed by atoms with van der Waals surface area (Å²) in [6.45, 7) is 2.00. The molecule has 0 amide bonds. The number of carbonyl (C=O) groups excluding carboxylic acids is 1. The maximum absolute atomic E-state index is 11.5. The van der Waals surface area contributed by atoms with E-state index >= 15 is 0 Å². The van der Waals surface area contributed by atoms with E-state index in [4.69, 9.17) is 19.3 Å². The van der Waals surface area contributed by atoms with Crippen LogP contribution in [0.4, 0.5) is 5.69 Å². The first-order valence-corrected chi connectivity index (χ1v) is 6.94. The summed E-state index contributed by atoms with van der Waals surface area (Å²) in [5.41, 5.74) is 7.64. The Morgan fingerprint density at radius 3 is 3.05 bits per heavy atom. The van der Waals surface area contributed by atoms with Crippen LogP contribution in [-0.2, 0) is 4.74 Å². The van der Waals surface area contributed by atoms with Gasteiger partial charge in [-0.1, -0.05) is 0 Å². The van der Waals surface area contributed by atoms with Gasteiger partial charge in [0, 0.05) is 23.5 Å². The lowest BCUT2D eigenvalue weighted by Crippen LogP contribution is -2.04. The van der Waals surface area contributed by atoms with Crippen molar-refractivity contribution in [2.45, 2.75) is 17.4 Å². The summed E-state index contributed by atoms with van der Waals surface area (Å²) in [7, 11) is 0. The predicted octanol–water partition coefficient (Wildman–Crippen LogP) is 2.73. The van der Waals surface area contributed by atoms with Gasteiger partial charge in [0.05, 0.1) is 6.61 Å². The molecule has 8 heteroatoms. The molecule has 3 aromatic rings. The largest absolute Gasteiger partial charge is 0.461 e. The van der Waals surface area contributed by atoms with Crippen LogP contribution in [0.1, 0.15) is 17.4 Å². The summed E-state index contributed by atoms with van der Waals surface area (Å²) in [4.78, 5) is 19.8. The van der Waals surface area contributed by atoms with Crippen LogP contribution in [-0.4, -0.2) is 22.5 Å². The summed E-state index contributed by atoms with van der Waals surface area (Å²) in [6.07, 6.45) is 1.24. The number of nitrogens with two attached hydrogens (primary N) is 1. The van der Waals surface area contributed by atoms with Crippen LogP contribution in [0.2, 0.25) is 0 Å². The molecular formula is C13H11N3O4S. The van der Waals surface area contributed by atoms with Crippen molar-refractivity contribution in [2.75, 3.05) is 12.3 Å². The lowest BCUT2D eigenvalue weighted by atomic mass is 10.3. The van der Waals surface area contributed by atoms with Gasteiger partial charge in [0.25, 0.3) is 10.4 Å². The molecule has 0 atom stereocenters. The number of oxazole rings is 2. The Hall–Kier alpha value is -2.48. The standard InChI is InChI=1S/C13H11N3O4S/c1-2-18-11(17)9-6-19-12(16-9)21-13-15-8-4-3-7(14)5-10(8)20-13/h3-6H,2,14H2,1H3. The second-order valence-corrected chi connectivity index (χ2v) is 4.93. The molecule has 2 heterocycles. The first kappa shape index (κ1) is 13.5. The van der Waals surface area contributed by atoms with E-state index in [1.807, 2.05) is 0 Å². The number of carbonyl (C=O) groups is 1. The van der Waals surface area contributed by atoms with Crippen molar-refractivity contribution in [3.05, 3.63) is 30.2 Å². The van der Waals surface area contributed by atoms with Crippen molar-refractivity contribution in [1.82, 2.24) is 9.97 Å². The van der Waals surface area contributed by atoms with E-state index in [0.29, 0.717) is 22.0 Å². The van der Waals surface area contributed by atoms with Crippen LogP contribution in [0.15, 0.2) is 43.7 Å². The molecule has 3 rings (SSSR count). The molecule has 1 aromatic carbocycles. The molecule has 108 valence electrons. The molecule has 0 fully saturated rings. The van der Waals surface area contributed by atoms with Gasteiger partial charge in [-0.3, -0.25) is 0 Å². The van der Waals surface area contributed by atoms with E-state index in [9.17, 15) is 4.79 Å². The topological polar surface area (TPSA) is 104 Å². The SMILES string of the molecule is CCOC(=O)c1coc(Sc2nc3ccc(N)cc3o2)n1. The van der Waals surface area contributed by atoms with E-state index in [0.717, 1.165) is 11.8 Å². The highest BCUT2D eigenvalue weighted by atomic mass is 32.2. The first-order chi connectivity index (χ1) is 10.2. The van der Waals surface area contributed by atoms with Crippen molar-refractivity contribution >= 4 is 34.5 Å². The zero-order valence-corrected chi connectivity index (χ0v) is 11.8. The summed E-state index contributed by atoms with van der Waals surface area (Å²) < 4.78 is 15.5. The minimum Gasteiger partial charge on any atom is -0.461 e. The van der Waals surface area contributed by atoms with Crippen LogP contribution in [0.3, 0.4) is 0 Å². The predicted molar refractivity (Wildman–Crippen MR) is 75.0 cm³/mol. The Morgan fingerprint density at radius 2 is 2.24 bits per heavy atom. The maximum Gasteiger partial charge on any atom is 0.360 e. The molecule has 0 aliphatic heterocycles. The summed E-state index contributed by atoms with van der Waals surface area (Å²) in [6, 6.07) is 5.19. The van der Waals surface area contributed by atoms with Gasteiger partial charge in [0.15, 0.2) is 11.3 Å². The quantitative estimate of drug-likeness (QED) is 0.579. The summed E-state index contributed by atoms with van der Waals surface area (Å²) >= 11 is 1.07. The fourth-order valence-corrected chi connectivity index (χ4v) is 2.31. The molecular weight excluding hydrogens is 294 g/mol. The van der Waals surface area contributed by atoms with E-state index in [2.05, 4.69) is 9.97 Å². The number of rotatable bonds is 4. The molecule has 2 aromatic heterocycles. The summed E-state index contributed by atoms with van der Waals surface area (Å²) in [5.74, 6) is -0.529. The number of nitrogens with zero attached hydrogens (tertiary/aromatic N) is 2. The minimum absolute atomic E-state index is 0.111. The van der Waals surface area contributed by atoms with E-state index in [1.54, 1.807) is 25.1 Å². The zero-order valence-electron chi connectivity index (χ0n) is 11.0. The fraction of sp³-hybridized carbons (Fsp3) is 0.154. The molecule has 0 bridgehead atoms. The number of hydrogen-bond acceptors (Lipinski definition) is 8. The maximum atomic E-state index is 11.5. The van der Waals surface area contributed by atoms with E-state index < -0.39 is 5.97 Å². The van der Waals surface area contributed by atoms with Gasteiger partial charge in [-0.15, -0.1) is 0 Å². The lowest BCUT2D eigenvalue weighted by molar-refractivity contribution is 0.0519. The highest BCUT2D eigenvalue weighted by Gasteiger charge is 2.16. The van der Waals surface area contributed by atoms with Crippen LogP contribution in [0.5, 0.6) is 0 Å².